The zero-order chi connectivity index (χ0) is 14.0. The van der Waals surface area contributed by atoms with Crippen LogP contribution in [0, 0.1) is 0 Å². The molecular weight excluding hydrogens is 429 g/mol. The maximum Gasteiger partial charge on any atom is 0.156 e. The van der Waals surface area contributed by atoms with E-state index in [1.807, 2.05) is 47.0 Å². The molecule has 0 aliphatic carbocycles. The molecule has 1 saturated heterocycles. The third kappa shape index (κ3) is 8.79. The Morgan fingerprint density at radius 1 is 1.00 bits per heavy atom. The van der Waals surface area contributed by atoms with Gasteiger partial charge in [0.15, 0.2) is 2.74 Å². The van der Waals surface area contributed by atoms with Crippen molar-refractivity contribution < 1.29 is 0 Å². The monoisotopic (exact) mass is 446 g/mol. The Kier molecular flexibility index (Phi) is 13.9. The number of thiol groups is 3. The largest absolute Gasteiger partial charge is 0.168 e. The average molecular weight is 447 g/mol. The van der Waals surface area contributed by atoms with Crippen molar-refractivity contribution in [2.45, 2.75) is 7.33 Å². The molecule has 114 valence electrons. The maximum absolute atomic E-state index is 4.41. The van der Waals surface area contributed by atoms with E-state index in [0.29, 0.717) is 4.58 Å². The average Bonchev–Trinajstić information content (AvgIpc) is 2.78. The zero-order valence-electron chi connectivity index (χ0n) is 10.2. The van der Waals surface area contributed by atoms with Gasteiger partial charge in [-0.15, -0.1) is 58.8 Å². The first-order valence-corrected chi connectivity index (χ1v) is 14.5. The van der Waals surface area contributed by atoms with E-state index in [9.17, 15) is 0 Å². The summed E-state index contributed by atoms with van der Waals surface area (Å²) in [5.41, 5.74) is 0. The highest BCUT2D eigenvalue weighted by Crippen LogP contribution is 2.64. The van der Waals surface area contributed by atoms with Crippen molar-refractivity contribution in [3.05, 3.63) is 0 Å². The van der Waals surface area contributed by atoms with Crippen molar-refractivity contribution in [2.75, 3.05) is 37.6 Å². The predicted molar refractivity (Wildman–Crippen MR) is 121 cm³/mol. The molecule has 2 unspecified atom stereocenters. The van der Waals surface area contributed by atoms with Crippen LogP contribution >= 0.6 is 120 Å². The van der Waals surface area contributed by atoms with E-state index >= 15 is 0 Å². The molecule has 1 heterocycles. The summed E-state index contributed by atoms with van der Waals surface area (Å²) in [5.74, 6) is 3.66. The Bertz CT molecular complexity index is 227. The molecule has 0 aromatic rings. The van der Waals surface area contributed by atoms with E-state index in [2.05, 4.69) is 73.2 Å². The number of thioether (sulfide) groups is 7. The van der Waals surface area contributed by atoms with Gasteiger partial charge in [0.05, 0.1) is 4.58 Å². The van der Waals surface area contributed by atoms with Gasteiger partial charge in [-0.05, 0) is 0 Å². The molecule has 19 heavy (non-hydrogen) atoms. The molecule has 0 radical (unpaired) electrons. The van der Waals surface area contributed by atoms with E-state index in [0.717, 1.165) is 15.3 Å². The summed E-state index contributed by atoms with van der Waals surface area (Å²) in [7, 11) is 0. The third-order valence-electron chi connectivity index (χ3n) is 1.96. The van der Waals surface area contributed by atoms with Crippen molar-refractivity contribution in [3.63, 3.8) is 0 Å². The van der Waals surface area contributed by atoms with Crippen molar-refractivity contribution >= 4 is 120 Å². The summed E-state index contributed by atoms with van der Waals surface area (Å²) in [6, 6.07) is 0. The lowest BCUT2D eigenvalue weighted by Gasteiger charge is -2.25. The summed E-state index contributed by atoms with van der Waals surface area (Å²) < 4.78 is 0.943. The van der Waals surface area contributed by atoms with Crippen LogP contribution in [0.5, 0.6) is 0 Å². The van der Waals surface area contributed by atoms with Crippen LogP contribution in [0.2, 0.25) is 0 Å². The molecule has 1 rings (SSSR count). The second-order valence-electron chi connectivity index (χ2n) is 3.14. The zero-order valence-corrected chi connectivity index (χ0v) is 18.6. The molecule has 0 nitrogen and oxygen atoms in total. The van der Waals surface area contributed by atoms with Crippen LogP contribution in [0.15, 0.2) is 0 Å². The van der Waals surface area contributed by atoms with E-state index < -0.39 is 0 Å². The van der Waals surface area contributed by atoms with E-state index in [4.69, 9.17) is 0 Å². The molecule has 1 aliphatic heterocycles. The number of hydrogen-bond donors (Lipinski definition) is 3. The topological polar surface area (TPSA) is 0 Å². The second kappa shape index (κ2) is 12.9. The van der Waals surface area contributed by atoms with Crippen LogP contribution in [-0.2, 0) is 0 Å². The molecule has 0 N–H and O–H groups in total. The normalized spacial score (nSPS) is 27.0. The number of rotatable bonds is 11. The highest BCUT2D eigenvalue weighted by Gasteiger charge is 2.41. The van der Waals surface area contributed by atoms with Gasteiger partial charge in [-0.2, -0.15) is 61.4 Å². The Morgan fingerprint density at radius 3 is 2.47 bits per heavy atom. The van der Waals surface area contributed by atoms with Crippen LogP contribution < -0.4 is 0 Å². The summed E-state index contributed by atoms with van der Waals surface area (Å²) >= 11 is 27.1. The fraction of sp³-hybridized carbons (Fsp3) is 1.00. The standard InChI is InChI=1S/C9H18S10/c10-4-13-1-2-14-7-18-9(17-6-12)16-3-8(19-9)15-5-11/h8,10-12H,1-7H2. The second-order valence-corrected chi connectivity index (χ2v) is 16.0. The minimum absolute atomic E-state index is 0.256. The van der Waals surface area contributed by atoms with Crippen molar-refractivity contribution in [1.29, 1.82) is 0 Å². The van der Waals surface area contributed by atoms with E-state index in [1.165, 1.54) is 22.3 Å². The smallest absolute Gasteiger partial charge is 0.156 e. The van der Waals surface area contributed by atoms with Crippen LogP contribution in [0.1, 0.15) is 0 Å². The van der Waals surface area contributed by atoms with Crippen molar-refractivity contribution in [3.8, 4) is 0 Å². The maximum atomic E-state index is 4.41. The first-order chi connectivity index (χ1) is 9.26. The Morgan fingerprint density at radius 2 is 1.79 bits per heavy atom. The lowest BCUT2D eigenvalue weighted by atomic mass is 10.9. The summed E-state index contributed by atoms with van der Waals surface area (Å²) in [6.45, 7) is 0. The van der Waals surface area contributed by atoms with Crippen LogP contribution in [-0.4, -0.2) is 44.9 Å². The Labute approximate surface area is 163 Å². The van der Waals surface area contributed by atoms with Gasteiger partial charge in [0, 0.05) is 37.6 Å². The Balaban J connectivity index is 2.24. The van der Waals surface area contributed by atoms with Crippen molar-refractivity contribution in [1.82, 2.24) is 0 Å². The van der Waals surface area contributed by atoms with Crippen molar-refractivity contribution in [2.24, 2.45) is 0 Å². The number of hydrogen-bond acceptors (Lipinski definition) is 10. The minimum atomic E-state index is 0.256. The van der Waals surface area contributed by atoms with Crippen LogP contribution in [0.4, 0.5) is 0 Å². The molecular formula is C9H18S10. The summed E-state index contributed by atoms with van der Waals surface area (Å²) in [4.78, 5) is 0. The van der Waals surface area contributed by atoms with Gasteiger partial charge in [-0.3, -0.25) is 0 Å². The summed E-state index contributed by atoms with van der Waals surface area (Å²) in [5, 5.41) is 3.92. The van der Waals surface area contributed by atoms with Gasteiger partial charge in [0.1, 0.15) is 0 Å². The molecule has 0 spiro atoms. The third-order valence-corrected chi connectivity index (χ3v) is 14.2. The molecule has 0 bridgehead atoms. The quantitative estimate of drug-likeness (QED) is 0.209. The molecule has 0 aromatic heterocycles. The highest BCUT2D eigenvalue weighted by molar-refractivity contribution is 8.52. The molecule has 2 atom stereocenters. The molecule has 1 aliphatic rings. The molecule has 0 saturated carbocycles. The van der Waals surface area contributed by atoms with Gasteiger partial charge < -0.3 is 0 Å². The SMILES string of the molecule is SCSCCSCSC1(SCS)SCC(SCS)S1. The van der Waals surface area contributed by atoms with Crippen LogP contribution in [0.25, 0.3) is 0 Å². The Hall–Kier alpha value is 3.50. The van der Waals surface area contributed by atoms with E-state index in [1.54, 1.807) is 0 Å². The van der Waals surface area contributed by atoms with Gasteiger partial charge >= 0.3 is 0 Å². The highest BCUT2D eigenvalue weighted by atomic mass is 32.3. The fourth-order valence-electron chi connectivity index (χ4n) is 1.19. The van der Waals surface area contributed by atoms with Crippen LogP contribution in [0.3, 0.4) is 0 Å². The first kappa shape index (κ1) is 20.5. The first-order valence-electron chi connectivity index (χ1n) is 5.45. The minimum Gasteiger partial charge on any atom is -0.168 e. The molecule has 10 heteroatoms. The van der Waals surface area contributed by atoms with Gasteiger partial charge in [-0.25, -0.2) is 0 Å². The van der Waals surface area contributed by atoms with Gasteiger partial charge in [-0.1, -0.05) is 0 Å². The predicted octanol–water partition coefficient (Wildman–Crippen LogP) is 5.69. The van der Waals surface area contributed by atoms with Gasteiger partial charge in [0.25, 0.3) is 0 Å². The lowest BCUT2D eigenvalue weighted by Crippen LogP contribution is -2.07. The molecule has 1 fully saturated rings. The molecule has 0 aromatic carbocycles. The molecule has 0 amide bonds. The summed E-state index contributed by atoms with van der Waals surface area (Å²) in [6.07, 6.45) is 0. The lowest BCUT2D eigenvalue weighted by molar-refractivity contribution is 1.48. The van der Waals surface area contributed by atoms with E-state index in [-0.39, 0.29) is 2.74 Å². The fourth-order valence-corrected chi connectivity index (χ4v) is 15.1. The van der Waals surface area contributed by atoms with Gasteiger partial charge in [0.2, 0.25) is 0 Å².